The van der Waals surface area contributed by atoms with Gasteiger partial charge in [0.05, 0.1) is 18.7 Å². The molecule has 0 bridgehead atoms. The number of amides is 1. The SMILES string of the molecule is CCOC(=O)c1c(C)oc(NC(=O)Cn2c(=O)cc(C)c3cc(C)cc(C)c32)c1C(=O)OCC. The Morgan fingerprint density at radius 1 is 0.912 bits per heavy atom. The number of hydrogen-bond acceptors (Lipinski definition) is 7. The van der Waals surface area contributed by atoms with Gasteiger partial charge in [0.25, 0.3) is 5.56 Å². The average molecular weight is 469 g/mol. The normalized spacial score (nSPS) is 10.9. The summed E-state index contributed by atoms with van der Waals surface area (Å²) in [4.78, 5) is 50.8. The van der Waals surface area contributed by atoms with Crippen LogP contribution in [0.4, 0.5) is 5.88 Å². The zero-order chi connectivity index (χ0) is 25.2. The first-order valence-electron chi connectivity index (χ1n) is 11.0. The molecule has 9 nitrogen and oxygen atoms in total. The molecular weight excluding hydrogens is 440 g/mol. The van der Waals surface area contributed by atoms with E-state index in [1.165, 1.54) is 17.6 Å². The topological polar surface area (TPSA) is 117 Å². The van der Waals surface area contributed by atoms with Crippen molar-refractivity contribution in [3.63, 3.8) is 0 Å². The number of nitrogens with one attached hydrogen (secondary N) is 1. The molecule has 0 atom stereocenters. The average Bonchev–Trinajstić information content (AvgIpc) is 3.07. The van der Waals surface area contributed by atoms with E-state index in [1.807, 2.05) is 32.9 Å². The molecule has 0 aliphatic rings. The van der Waals surface area contributed by atoms with Crippen molar-refractivity contribution >= 4 is 34.6 Å². The van der Waals surface area contributed by atoms with Crippen LogP contribution in [0, 0.1) is 27.7 Å². The van der Waals surface area contributed by atoms with Crippen LogP contribution in [0.15, 0.2) is 27.4 Å². The summed E-state index contributed by atoms with van der Waals surface area (Å²) >= 11 is 0. The minimum atomic E-state index is -0.832. The number of furan rings is 1. The van der Waals surface area contributed by atoms with Crippen LogP contribution >= 0.6 is 0 Å². The lowest BCUT2D eigenvalue weighted by molar-refractivity contribution is -0.116. The van der Waals surface area contributed by atoms with Gasteiger partial charge in [0.2, 0.25) is 11.8 Å². The van der Waals surface area contributed by atoms with Crippen molar-refractivity contribution in [1.82, 2.24) is 4.57 Å². The summed E-state index contributed by atoms with van der Waals surface area (Å²) in [5.41, 5.74) is 2.70. The highest BCUT2D eigenvalue weighted by atomic mass is 16.5. The van der Waals surface area contributed by atoms with E-state index in [9.17, 15) is 19.2 Å². The van der Waals surface area contributed by atoms with Crippen LogP contribution in [0.1, 0.15) is 57.0 Å². The number of rotatable bonds is 7. The molecule has 1 amide bonds. The lowest BCUT2D eigenvalue weighted by atomic mass is 10.0. The fraction of sp³-hybridized carbons (Fsp3) is 0.360. The molecule has 1 aromatic carbocycles. The predicted molar refractivity (Wildman–Crippen MR) is 126 cm³/mol. The first-order valence-corrected chi connectivity index (χ1v) is 11.0. The second-order valence-corrected chi connectivity index (χ2v) is 7.96. The Morgan fingerprint density at radius 3 is 2.15 bits per heavy atom. The Kier molecular flexibility index (Phi) is 7.24. The molecule has 1 N–H and O–H groups in total. The van der Waals surface area contributed by atoms with Crippen molar-refractivity contribution in [2.75, 3.05) is 18.5 Å². The highest BCUT2D eigenvalue weighted by Crippen LogP contribution is 2.29. The van der Waals surface area contributed by atoms with E-state index in [2.05, 4.69) is 5.32 Å². The lowest BCUT2D eigenvalue weighted by Crippen LogP contribution is -2.28. The number of pyridine rings is 1. The second kappa shape index (κ2) is 9.94. The summed E-state index contributed by atoms with van der Waals surface area (Å²) < 4.78 is 17.0. The molecule has 0 saturated carbocycles. The number of aryl methyl sites for hydroxylation is 4. The summed E-state index contributed by atoms with van der Waals surface area (Å²) in [6.07, 6.45) is 0. The van der Waals surface area contributed by atoms with Crippen molar-refractivity contribution < 1.29 is 28.3 Å². The summed E-state index contributed by atoms with van der Waals surface area (Å²) in [6, 6.07) is 5.39. The van der Waals surface area contributed by atoms with E-state index >= 15 is 0 Å². The monoisotopic (exact) mass is 468 g/mol. The zero-order valence-corrected chi connectivity index (χ0v) is 20.2. The fourth-order valence-electron chi connectivity index (χ4n) is 4.02. The Labute approximate surface area is 196 Å². The molecule has 34 heavy (non-hydrogen) atoms. The number of benzene rings is 1. The van der Waals surface area contributed by atoms with Gasteiger partial charge in [0.15, 0.2) is 0 Å². The lowest BCUT2D eigenvalue weighted by Gasteiger charge is -2.15. The fourth-order valence-corrected chi connectivity index (χ4v) is 4.02. The quantitative estimate of drug-likeness (QED) is 0.524. The van der Waals surface area contributed by atoms with Gasteiger partial charge >= 0.3 is 11.9 Å². The first-order chi connectivity index (χ1) is 16.1. The molecule has 0 spiro atoms. The van der Waals surface area contributed by atoms with Gasteiger partial charge in [-0.3, -0.25) is 19.5 Å². The smallest absolute Gasteiger partial charge is 0.344 e. The molecule has 9 heteroatoms. The van der Waals surface area contributed by atoms with Gasteiger partial charge in [0, 0.05) is 11.5 Å². The molecule has 2 aromatic heterocycles. The van der Waals surface area contributed by atoms with Gasteiger partial charge in [-0.15, -0.1) is 0 Å². The van der Waals surface area contributed by atoms with Crippen LogP contribution in [0.5, 0.6) is 0 Å². The Morgan fingerprint density at radius 2 is 1.53 bits per heavy atom. The van der Waals surface area contributed by atoms with Gasteiger partial charge in [-0.2, -0.15) is 0 Å². The second-order valence-electron chi connectivity index (χ2n) is 7.96. The molecular formula is C25H28N2O7. The van der Waals surface area contributed by atoms with E-state index in [-0.39, 0.29) is 48.1 Å². The van der Waals surface area contributed by atoms with E-state index in [0.29, 0.717) is 5.52 Å². The molecule has 0 unspecified atom stereocenters. The van der Waals surface area contributed by atoms with Crippen molar-refractivity contribution in [1.29, 1.82) is 0 Å². The molecule has 0 fully saturated rings. The molecule has 0 aliphatic heterocycles. The molecule has 3 aromatic rings. The van der Waals surface area contributed by atoms with Crippen LogP contribution in [-0.2, 0) is 20.8 Å². The standard InChI is InChI=1S/C25H28N2O7/c1-7-32-24(30)20-16(6)34-23(21(20)25(31)33-8-2)26-18(28)12-27-19(29)11-14(4)17-10-13(3)9-15(5)22(17)27/h9-11H,7-8,12H2,1-6H3,(H,26,28). The number of carbonyl (C=O) groups is 3. The third-order valence-electron chi connectivity index (χ3n) is 5.34. The Balaban J connectivity index is 2.03. The highest BCUT2D eigenvalue weighted by Gasteiger charge is 2.31. The maximum absolute atomic E-state index is 13.0. The number of anilines is 1. The minimum absolute atomic E-state index is 0.0577. The van der Waals surface area contributed by atoms with Gasteiger partial charge < -0.3 is 13.9 Å². The van der Waals surface area contributed by atoms with Crippen molar-refractivity contribution in [2.24, 2.45) is 0 Å². The molecule has 3 rings (SSSR count). The summed E-state index contributed by atoms with van der Waals surface area (Å²) in [6.45, 7) is 10.2. The molecule has 0 radical (unpaired) electrons. The minimum Gasteiger partial charge on any atom is -0.462 e. The molecule has 2 heterocycles. The van der Waals surface area contributed by atoms with Crippen LogP contribution in [-0.4, -0.2) is 35.6 Å². The van der Waals surface area contributed by atoms with E-state index in [1.54, 1.807) is 13.8 Å². The van der Waals surface area contributed by atoms with E-state index in [0.717, 1.165) is 22.1 Å². The summed E-state index contributed by atoms with van der Waals surface area (Å²) in [5.74, 6) is -2.34. The van der Waals surface area contributed by atoms with Gasteiger partial charge in [0.1, 0.15) is 23.4 Å². The van der Waals surface area contributed by atoms with Crippen LogP contribution in [0.25, 0.3) is 10.9 Å². The number of nitrogens with zero attached hydrogens (tertiary/aromatic N) is 1. The number of esters is 2. The Bertz CT molecular complexity index is 1350. The summed E-state index contributed by atoms with van der Waals surface area (Å²) in [5, 5.41) is 3.39. The molecule has 0 aliphatic carbocycles. The van der Waals surface area contributed by atoms with Crippen molar-refractivity contribution in [2.45, 2.75) is 48.1 Å². The third kappa shape index (κ3) is 4.73. The van der Waals surface area contributed by atoms with E-state index < -0.39 is 17.8 Å². The maximum Gasteiger partial charge on any atom is 0.344 e. The zero-order valence-electron chi connectivity index (χ0n) is 20.2. The van der Waals surface area contributed by atoms with Gasteiger partial charge in [-0.25, -0.2) is 9.59 Å². The molecule has 180 valence electrons. The van der Waals surface area contributed by atoms with Gasteiger partial charge in [-0.1, -0.05) is 11.6 Å². The van der Waals surface area contributed by atoms with E-state index in [4.69, 9.17) is 13.9 Å². The third-order valence-corrected chi connectivity index (χ3v) is 5.34. The highest BCUT2D eigenvalue weighted by molar-refractivity contribution is 6.09. The number of hydrogen-bond donors (Lipinski definition) is 1. The number of ether oxygens (including phenoxy) is 2. The van der Waals surface area contributed by atoms with Crippen molar-refractivity contribution in [3.05, 3.63) is 62.1 Å². The largest absolute Gasteiger partial charge is 0.462 e. The van der Waals surface area contributed by atoms with Crippen molar-refractivity contribution in [3.8, 4) is 0 Å². The van der Waals surface area contributed by atoms with Crippen LogP contribution < -0.4 is 10.9 Å². The maximum atomic E-state index is 13.0. The van der Waals surface area contributed by atoms with Crippen LogP contribution in [0.3, 0.4) is 0 Å². The van der Waals surface area contributed by atoms with Gasteiger partial charge in [-0.05, 0) is 58.7 Å². The molecule has 0 saturated heterocycles. The first kappa shape index (κ1) is 24.8. The number of aromatic nitrogens is 1. The number of fused-ring (bicyclic) bond motifs is 1. The van der Waals surface area contributed by atoms with Crippen LogP contribution in [0.2, 0.25) is 0 Å². The summed E-state index contributed by atoms with van der Waals surface area (Å²) in [7, 11) is 0. The predicted octanol–water partition coefficient (Wildman–Crippen LogP) is 3.82. The Hall–Kier alpha value is -3.88. The number of carbonyl (C=O) groups excluding carboxylic acids is 3.